The number of amides is 2. The van der Waals surface area contributed by atoms with Gasteiger partial charge in [0.2, 0.25) is 11.8 Å². The number of para-hydroxylation sites is 1. The van der Waals surface area contributed by atoms with Gasteiger partial charge >= 0.3 is 0 Å². The molecule has 0 N–H and O–H groups in total. The van der Waals surface area contributed by atoms with Crippen molar-refractivity contribution in [1.82, 2.24) is 9.80 Å². The van der Waals surface area contributed by atoms with E-state index in [1.165, 1.54) is 0 Å². The number of unbranched alkanes of at least 4 members (excludes halogenated alkanes) is 1. The highest BCUT2D eigenvalue weighted by Gasteiger charge is 2.29. The summed E-state index contributed by atoms with van der Waals surface area (Å²) in [5.41, 5.74) is 1.07. The molecule has 1 heterocycles. The predicted octanol–water partition coefficient (Wildman–Crippen LogP) is 3.01. The number of rotatable bonds is 8. The lowest BCUT2D eigenvalue weighted by atomic mass is 9.95. The van der Waals surface area contributed by atoms with Gasteiger partial charge in [-0.1, -0.05) is 31.5 Å². The van der Waals surface area contributed by atoms with E-state index in [-0.39, 0.29) is 17.7 Å². The van der Waals surface area contributed by atoms with Gasteiger partial charge in [0.1, 0.15) is 0 Å². The molecule has 1 saturated heterocycles. The molecule has 144 valence electrons. The molecule has 5 nitrogen and oxygen atoms in total. The number of likely N-dealkylation sites (N-methyl/N-ethyl adjacent to an activating group) is 1. The molecule has 1 fully saturated rings. The highest BCUT2D eigenvalue weighted by molar-refractivity contribution is 5.82. The monoisotopic (exact) mass is 359 g/mol. The molecule has 5 heteroatoms. The molecule has 1 aliphatic heterocycles. The topological polar surface area (TPSA) is 43.9 Å². The third-order valence-corrected chi connectivity index (χ3v) is 5.25. The Morgan fingerprint density at radius 2 is 1.77 bits per heavy atom. The number of piperidine rings is 1. The van der Waals surface area contributed by atoms with Gasteiger partial charge < -0.3 is 14.7 Å². The first-order valence-corrected chi connectivity index (χ1v) is 9.89. The van der Waals surface area contributed by atoms with Crippen molar-refractivity contribution in [3.05, 3.63) is 30.3 Å². The van der Waals surface area contributed by atoms with Gasteiger partial charge in [-0.2, -0.15) is 0 Å². The average molecular weight is 360 g/mol. The maximum absolute atomic E-state index is 12.7. The standard InChI is InChI=1S/C21H33N3O2/c1-4-6-14-22(3)21(26)18-12-15-24(16-13-18)20(25)17-23(5-2)19-10-8-7-9-11-19/h7-11,18H,4-6,12-17H2,1-3H3. The average Bonchev–Trinajstić information content (AvgIpc) is 2.70. The van der Waals surface area contributed by atoms with Gasteiger partial charge in [0, 0.05) is 44.8 Å². The second-order valence-corrected chi connectivity index (χ2v) is 7.12. The van der Waals surface area contributed by atoms with Crippen molar-refractivity contribution < 1.29 is 9.59 Å². The van der Waals surface area contributed by atoms with Crippen LogP contribution in [0.15, 0.2) is 30.3 Å². The summed E-state index contributed by atoms with van der Waals surface area (Å²) in [5.74, 6) is 0.461. The van der Waals surface area contributed by atoms with Crippen LogP contribution >= 0.6 is 0 Å². The maximum Gasteiger partial charge on any atom is 0.242 e. The third kappa shape index (κ3) is 5.48. The number of hydrogen-bond donors (Lipinski definition) is 0. The Hall–Kier alpha value is -2.04. The van der Waals surface area contributed by atoms with Crippen LogP contribution in [0.3, 0.4) is 0 Å². The molecule has 0 spiro atoms. The second-order valence-electron chi connectivity index (χ2n) is 7.12. The van der Waals surface area contributed by atoms with Crippen molar-refractivity contribution in [2.24, 2.45) is 5.92 Å². The molecular weight excluding hydrogens is 326 g/mol. The molecule has 1 aromatic rings. The van der Waals surface area contributed by atoms with Crippen molar-refractivity contribution >= 4 is 17.5 Å². The van der Waals surface area contributed by atoms with Crippen molar-refractivity contribution in [2.45, 2.75) is 39.5 Å². The van der Waals surface area contributed by atoms with E-state index in [4.69, 9.17) is 0 Å². The molecule has 1 aromatic carbocycles. The van der Waals surface area contributed by atoms with Crippen LogP contribution in [-0.4, -0.2) is 61.4 Å². The van der Waals surface area contributed by atoms with E-state index in [2.05, 4.69) is 18.7 Å². The normalized spacial score (nSPS) is 15.0. The molecule has 2 amide bonds. The van der Waals surface area contributed by atoms with E-state index < -0.39 is 0 Å². The first-order chi connectivity index (χ1) is 12.6. The maximum atomic E-state index is 12.7. The Labute approximate surface area is 158 Å². The lowest BCUT2D eigenvalue weighted by Crippen LogP contribution is -2.46. The Balaban J connectivity index is 1.83. The van der Waals surface area contributed by atoms with E-state index in [1.807, 2.05) is 47.2 Å². The van der Waals surface area contributed by atoms with Crippen LogP contribution in [0.5, 0.6) is 0 Å². The minimum absolute atomic E-state index is 0.0670. The molecule has 1 aliphatic rings. The summed E-state index contributed by atoms with van der Waals surface area (Å²) < 4.78 is 0. The van der Waals surface area contributed by atoms with Crippen LogP contribution in [-0.2, 0) is 9.59 Å². The number of hydrogen-bond acceptors (Lipinski definition) is 3. The van der Waals surface area contributed by atoms with Gasteiger partial charge in [0.25, 0.3) is 0 Å². The van der Waals surface area contributed by atoms with Gasteiger partial charge in [-0.15, -0.1) is 0 Å². The molecule has 0 bridgehead atoms. The van der Waals surface area contributed by atoms with E-state index in [1.54, 1.807) is 0 Å². The predicted molar refractivity (Wildman–Crippen MR) is 106 cm³/mol. The second kappa shape index (κ2) is 10.2. The summed E-state index contributed by atoms with van der Waals surface area (Å²) in [7, 11) is 1.90. The number of carbonyl (C=O) groups is 2. The highest BCUT2D eigenvalue weighted by Crippen LogP contribution is 2.20. The largest absolute Gasteiger partial charge is 0.362 e. The zero-order valence-corrected chi connectivity index (χ0v) is 16.5. The molecular formula is C21H33N3O2. The van der Waals surface area contributed by atoms with Crippen LogP contribution < -0.4 is 4.90 Å². The van der Waals surface area contributed by atoms with Gasteiger partial charge in [-0.05, 0) is 38.3 Å². The van der Waals surface area contributed by atoms with Crippen LogP contribution in [0.25, 0.3) is 0 Å². The number of nitrogens with zero attached hydrogens (tertiary/aromatic N) is 3. The summed E-state index contributed by atoms with van der Waals surface area (Å²) in [6.07, 6.45) is 3.70. The van der Waals surface area contributed by atoms with Crippen molar-refractivity contribution in [1.29, 1.82) is 0 Å². The van der Waals surface area contributed by atoms with Gasteiger partial charge in [0.15, 0.2) is 0 Å². The Morgan fingerprint density at radius 3 is 2.35 bits per heavy atom. The highest BCUT2D eigenvalue weighted by atomic mass is 16.2. The molecule has 0 aromatic heterocycles. The number of carbonyl (C=O) groups excluding carboxylic acids is 2. The molecule has 26 heavy (non-hydrogen) atoms. The van der Waals surface area contributed by atoms with Crippen molar-refractivity contribution in [3.8, 4) is 0 Å². The van der Waals surface area contributed by atoms with E-state index in [9.17, 15) is 9.59 Å². The fraction of sp³-hybridized carbons (Fsp3) is 0.619. The van der Waals surface area contributed by atoms with Gasteiger partial charge in [0.05, 0.1) is 6.54 Å². The number of benzene rings is 1. The summed E-state index contributed by atoms with van der Waals surface area (Å²) in [6, 6.07) is 10.0. The van der Waals surface area contributed by atoms with Crippen LogP contribution in [0.2, 0.25) is 0 Å². The summed E-state index contributed by atoms with van der Waals surface area (Å²) >= 11 is 0. The quantitative estimate of drug-likeness (QED) is 0.717. The Morgan fingerprint density at radius 1 is 1.12 bits per heavy atom. The van der Waals surface area contributed by atoms with Crippen LogP contribution in [0, 0.1) is 5.92 Å². The van der Waals surface area contributed by atoms with Crippen LogP contribution in [0.4, 0.5) is 5.69 Å². The first kappa shape index (κ1) is 20.3. The lowest BCUT2D eigenvalue weighted by Gasteiger charge is -2.34. The minimum atomic E-state index is 0.0670. The van der Waals surface area contributed by atoms with Gasteiger partial charge in [-0.25, -0.2) is 0 Å². The fourth-order valence-electron chi connectivity index (χ4n) is 3.48. The number of likely N-dealkylation sites (tertiary alicyclic amines) is 1. The lowest BCUT2D eigenvalue weighted by molar-refractivity contribution is -0.139. The molecule has 0 saturated carbocycles. The molecule has 0 atom stereocenters. The Bertz CT molecular complexity index is 568. The molecule has 2 rings (SSSR count). The Kier molecular flexibility index (Phi) is 7.95. The van der Waals surface area contributed by atoms with E-state index in [0.29, 0.717) is 19.6 Å². The molecule has 0 aliphatic carbocycles. The smallest absolute Gasteiger partial charge is 0.242 e. The molecule has 0 radical (unpaired) electrons. The summed E-state index contributed by atoms with van der Waals surface area (Å²) in [6.45, 7) is 7.60. The van der Waals surface area contributed by atoms with Crippen molar-refractivity contribution in [3.63, 3.8) is 0 Å². The van der Waals surface area contributed by atoms with Crippen molar-refractivity contribution in [2.75, 3.05) is 44.7 Å². The SMILES string of the molecule is CCCCN(C)C(=O)C1CCN(C(=O)CN(CC)c2ccccc2)CC1. The van der Waals surface area contributed by atoms with E-state index >= 15 is 0 Å². The summed E-state index contributed by atoms with van der Waals surface area (Å²) in [4.78, 5) is 31.1. The number of anilines is 1. The first-order valence-electron chi connectivity index (χ1n) is 9.89. The van der Waals surface area contributed by atoms with Gasteiger partial charge in [-0.3, -0.25) is 9.59 Å². The van der Waals surface area contributed by atoms with E-state index in [0.717, 1.165) is 44.5 Å². The van der Waals surface area contributed by atoms with Crippen LogP contribution in [0.1, 0.15) is 39.5 Å². The minimum Gasteiger partial charge on any atom is -0.362 e. The zero-order valence-electron chi connectivity index (χ0n) is 16.5. The molecule has 0 unspecified atom stereocenters. The zero-order chi connectivity index (χ0) is 18.9. The third-order valence-electron chi connectivity index (χ3n) is 5.25. The summed E-state index contributed by atoms with van der Waals surface area (Å²) in [5, 5.41) is 0. The fourth-order valence-corrected chi connectivity index (χ4v) is 3.48.